The maximum Gasteiger partial charge on any atom is 0.157 e. The summed E-state index contributed by atoms with van der Waals surface area (Å²) in [5, 5.41) is 0. The van der Waals surface area contributed by atoms with Gasteiger partial charge in [0.2, 0.25) is 0 Å². The van der Waals surface area contributed by atoms with Gasteiger partial charge in [-0.2, -0.15) is 0 Å². The van der Waals surface area contributed by atoms with Crippen molar-refractivity contribution >= 4 is 9.24 Å². The molecular weight excluding hydrogens is 495 g/mol. The lowest BCUT2D eigenvalue weighted by Crippen LogP contribution is -2.66. The summed E-state index contributed by atoms with van der Waals surface area (Å²) in [6, 6.07) is 0. The molecule has 2 nitrogen and oxygen atoms in total. The van der Waals surface area contributed by atoms with Gasteiger partial charge in [-0.1, -0.05) is 53.7 Å². The maximum atomic E-state index is 6.70. The van der Waals surface area contributed by atoms with Crippen molar-refractivity contribution in [1.29, 1.82) is 0 Å². The second-order valence-electron chi connectivity index (χ2n) is 16.8. The van der Waals surface area contributed by atoms with Crippen LogP contribution < -0.4 is 0 Å². The largest absolute Gasteiger partial charge is 0.353 e. The van der Waals surface area contributed by atoms with Crippen LogP contribution >= 0.6 is 9.24 Å². The lowest BCUT2D eigenvalue weighted by molar-refractivity contribution is -0.247. The fourth-order valence-electron chi connectivity index (χ4n) is 12.8. The Hall–Kier alpha value is 0.0900. The Balaban J connectivity index is 1.32. The van der Waals surface area contributed by atoms with Gasteiger partial charge in [-0.3, -0.25) is 0 Å². The minimum Gasteiger partial charge on any atom is -0.353 e. The summed E-state index contributed by atoms with van der Waals surface area (Å²) in [4.78, 5) is 0. The lowest BCUT2D eigenvalue weighted by atomic mass is 9.32. The van der Waals surface area contributed by atoms with Gasteiger partial charge in [-0.05, 0) is 152 Å². The average molecular weight is 557 g/mol. The van der Waals surface area contributed by atoms with Crippen LogP contribution in [0.1, 0.15) is 131 Å². The SMILES string of the molecule is C=C(CC)[C@@H]1CC[C@]2(COC3CCCCO3)CC[C@]3(C)[C@H](CC[C@@H]4[C@@]5(C)CC[C@H](P)C(C)(C)[C@@H]5CC[C@]43C)[C@@H]12. The van der Waals surface area contributed by atoms with E-state index in [1.807, 2.05) is 0 Å². The lowest BCUT2D eigenvalue weighted by Gasteiger charge is -2.73. The standard InChI is InChI=1S/C36H61O2P/c1-8-24(2)25-14-19-36(23-38-30-11-9-10-22-37-30)21-20-34(6)26(31(25)36)12-13-28-33(5)17-16-29(39)32(3,4)27(33)15-18-35(28,34)7/h25-31H,2,8-23,39H2,1,3-7H3/t25-,26+,27-,28+,29-,30?,31+,33-,34+,35+,36+/m0/s1. The Bertz CT molecular complexity index is 938. The molecule has 3 heteroatoms. The van der Waals surface area contributed by atoms with E-state index in [4.69, 9.17) is 16.1 Å². The van der Waals surface area contributed by atoms with E-state index in [-0.39, 0.29) is 6.29 Å². The highest BCUT2D eigenvalue weighted by Crippen LogP contribution is 2.77. The fourth-order valence-corrected chi connectivity index (χ4v) is 13.2. The molecule has 6 rings (SSSR count). The second kappa shape index (κ2) is 10.1. The molecule has 0 N–H and O–H groups in total. The molecule has 0 bridgehead atoms. The Labute approximate surface area is 243 Å². The molecule has 1 saturated heterocycles. The normalized spacial score (nSPS) is 52.7. The highest BCUT2D eigenvalue weighted by Gasteiger charge is 2.70. The molecule has 39 heavy (non-hydrogen) atoms. The highest BCUT2D eigenvalue weighted by atomic mass is 31.0. The molecular formula is C36H61O2P. The van der Waals surface area contributed by atoms with Gasteiger partial charge >= 0.3 is 0 Å². The third-order valence-corrected chi connectivity index (χ3v) is 16.6. The summed E-state index contributed by atoms with van der Waals surface area (Å²) in [6.45, 7) is 22.4. The van der Waals surface area contributed by atoms with Gasteiger partial charge in [0, 0.05) is 6.61 Å². The Morgan fingerprint density at radius 1 is 0.846 bits per heavy atom. The molecule has 6 fully saturated rings. The molecule has 0 aromatic rings. The van der Waals surface area contributed by atoms with Crippen molar-refractivity contribution in [2.75, 3.05) is 13.2 Å². The monoisotopic (exact) mass is 556 g/mol. The van der Waals surface area contributed by atoms with Gasteiger partial charge < -0.3 is 9.47 Å². The van der Waals surface area contributed by atoms with Crippen molar-refractivity contribution in [3.8, 4) is 0 Å². The predicted molar refractivity (Wildman–Crippen MR) is 167 cm³/mol. The van der Waals surface area contributed by atoms with E-state index in [2.05, 4.69) is 50.8 Å². The molecule has 0 radical (unpaired) electrons. The summed E-state index contributed by atoms with van der Waals surface area (Å²) >= 11 is 0. The molecule has 0 aromatic carbocycles. The Morgan fingerprint density at radius 3 is 2.36 bits per heavy atom. The van der Waals surface area contributed by atoms with Crippen molar-refractivity contribution in [3.63, 3.8) is 0 Å². The summed E-state index contributed by atoms with van der Waals surface area (Å²) in [6.07, 6.45) is 18.7. The first kappa shape index (κ1) is 29.2. The first-order valence-electron chi connectivity index (χ1n) is 17.1. The zero-order valence-corrected chi connectivity index (χ0v) is 27.6. The summed E-state index contributed by atoms with van der Waals surface area (Å²) in [5.74, 6) is 3.98. The molecule has 0 aromatic heterocycles. The van der Waals surface area contributed by atoms with Gasteiger partial charge in [0.25, 0.3) is 0 Å². The van der Waals surface area contributed by atoms with E-state index in [0.29, 0.717) is 33.0 Å². The van der Waals surface area contributed by atoms with Gasteiger partial charge in [-0.15, -0.1) is 9.24 Å². The summed E-state index contributed by atoms with van der Waals surface area (Å²) < 4.78 is 12.8. The average Bonchev–Trinajstić information content (AvgIpc) is 3.30. The minimum absolute atomic E-state index is 0.0363. The summed E-state index contributed by atoms with van der Waals surface area (Å²) in [7, 11) is 3.26. The van der Waals surface area contributed by atoms with E-state index < -0.39 is 0 Å². The number of rotatable bonds is 5. The number of hydrogen-bond acceptors (Lipinski definition) is 2. The molecule has 5 aliphatic carbocycles. The van der Waals surface area contributed by atoms with Gasteiger partial charge in [0.05, 0.1) is 6.61 Å². The highest BCUT2D eigenvalue weighted by molar-refractivity contribution is 7.17. The van der Waals surface area contributed by atoms with E-state index in [0.717, 1.165) is 55.4 Å². The van der Waals surface area contributed by atoms with Crippen molar-refractivity contribution in [2.45, 2.75) is 143 Å². The molecule has 222 valence electrons. The number of allylic oxidation sites excluding steroid dienone is 1. The van der Waals surface area contributed by atoms with Gasteiger partial charge in [0.1, 0.15) is 0 Å². The van der Waals surface area contributed by atoms with Gasteiger partial charge in [-0.25, -0.2) is 0 Å². The van der Waals surface area contributed by atoms with Crippen LogP contribution in [0, 0.1) is 56.7 Å². The van der Waals surface area contributed by atoms with Crippen LogP contribution in [0.25, 0.3) is 0 Å². The zero-order chi connectivity index (χ0) is 27.8. The first-order valence-corrected chi connectivity index (χ1v) is 17.8. The van der Waals surface area contributed by atoms with E-state index in [1.54, 1.807) is 0 Å². The molecule has 6 aliphatic rings. The van der Waals surface area contributed by atoms with Crippen LogP contribution in [0.2, 0.25) is 0 Å². The van der Waals surface area contributed by atoms with Crippen LogP contribution in [-0.4, -0.2) is 25.2 Å². The topological polar surface area (TPSA) is 18.5 Å². The molecule has 5 saturated carbocycles. The quantitative estimate of drug-likeness (QED) is 0.248. The third kappa shape index (κ3) is 4.17. The Morgan fingerprint density at radius 2 is 1.64 bits per heavy atom. The molecule has 1 aliphatic heterocycles. The number of hydrogen-bond donors (Lipinski definition) is 0. The molecule has 0 amide bonds. The van der Waals surface area contributed by atoms with Crippen LogP contribution in [0.15, 0.2) is 12.2 Å². The number of fused-ring (bicyclic) bond motifs is 7. The van der Waals surface area contributed by atoms with E-state index >= 15 is 0 Å². The number of ether oxygens (including phenoxy) is 2. The van der Waals surface area contributed by atoms with Crippen molar-refractivity contribution < 1.29 is 9.47 Å². The molecule has 12 atom stereocenters. The molecule has 0 spiro atoms. The maximum absolute atomic E-state index is 6.70. The van der Waals surface area contributed by atoms with Crippen molar-refractivity contribution in [2.24, 2.45) is 56.7 Å². The minimum atomic E-state index is 0.0363. The predicted octanol–water partition coefficient (Wildman–Crippen LogP) is 9.82. The molecule has 2 unspecified atom stereocenters. The van der Waals surface area contributed by atoms with Crippen LogP contribution in [0.4, 0.5) is 0 Å². The van der Waals surface area contributed by atoms with Crippen molar-refractivity contribution in [1.82, 2.24) is 0 Å². The van der Waals surface area contributed by atoms with Crippen molar-refractivity contribution in [3.05, 3.63) is 12.2 Å². The second-order valence-corrected chi connectivity index (χ2v) is 17.6. The Kier molecular flexibility index (Phi) is 7.54. The third-order valence-electron chi connectivity index (χ3n) is 15.4. The van der Waals surface area contributed by atoms with Crippen LogP contribution in [0.5, 0.6) is 0 Å². The fraction of sp³-hybridized carbons (Fsp3) is 0.944. The smallest absolute Gasteiger partial charge is 0.157 e. The molecule has 1 heterocycles. The summed E-state index contributed by atoms with van der Waals surface area (Å²) in [5.41, 5.74) is 4.45. The van der Waals surface area contributed by atoms with E-state index in [9.17, 15) is 0 Å². The zero-order valence-electron chi connectivity index (χ0n) is 26.5. The van der Waals surface area contributed by atoms with Gasteiger partial charge in [0.15, 0.2) is 6.29 Å². The van der Waals surface area contributed by atoms with Crippen LogP contribution in [-0.2, 0) is 9.47 Å². The first-order chi connectivity index (χ1) is 18.4. The van der Waals surface area contributed by atoms with Crippen LogP contribution in [0.3, 0.4) is 0 Å². The van der Waals surface area contributed by atoms with E-state index in [1.165, 1.54) is 82.6 Å².